The summed E-state index contributed by atoms with van der Waals surface area (Å²) in [7, 11) is 0. The van der Waals surface area contributed by atoms with Gasteiger partial charge in [-0.1, -0.05) is 30.3 Å². The molecule has 0 fully saturated rings. The maximum absolute atomic E-state index is 11.8. The van der Waals surface area contributed by atoms with Crippen molar-refractivity contribution >= 4 is 18.2 Å². The summed E-state index contributed by atoms with van der Waals surface area (Å²) < 4.78 is 0. The quantitative estimate of drug-likeness (QED) is 0.256. The van der Waals surface area contributed by atoms with Crippen LogP contribution in [0.5, 0.6) is 0 Å². The van der Waals surface area contributed by atoms with E-state index in [9.17, 15) is 9.59 Å². The van der Waals surface area contributed by atoms with Gasteiger partial charge in [0.2, 0.25) is 5.91 Å². The number of carbonyl (C=O) groups excluding carboxylic acids is 2. The minimum Gasteiger partial charge on any atom is -0.370 e. The normalized spacial score (nSPS) is 11.5. The van der Waals surface area contributed by atoms with Gasteiger partial charge in [-0.05, 0) is 31.2 Å². The van der Waals surface area contributed by atoms with Crippen molar-refractivity contribution in [3.05, 3.63) is 35.9 Å². The molecule has 6 nitrogen and oxygen atoms in total. The standard InChI is InChI=1S/C16H24N4O2/c17-16(18)19-11-5-9-14(12-21)20-15(22)10-4-8-13-6-2-1-3-7-13/h1-3,6-7,12,14H,4-5,8-11H2,(H,20,22)(H4,17,18,19)/t14-/m0/s1. The summed E-state index contributed by atoms with van der Waals surface area (Å²) in [6.07, 6.45) is 3.95. The molecule has 1 aromatic rings. The van der Waals surface area contributed by atoms with Crippen LogP contribution in [0, 0.1) is 0 Å². The molecular formula is C16H24N4O2. The topological polar surface area (TPSA) is 111 Å². The van der Waals surface area contributed by atoms with Gasteiger partial charge in [0.1, 0.15) is 6.29 Å². The van der Waals surface area contributed by atoms with E-state index in [-0.39, 0.29) is 11.9 Å². The number of hydrogen-bond acceptors (Lipinski definition) is 3. The summed E-state index contributed by atoms with van der Waals surface area (Å²) in [4.78, 5) is 26.6. The van der Waals surface area contributed by atoms with Crippen LogP contribution >= 0.6 is 0 Å². The minimum absolute atomic E-state index is 0.0348. The molecule has 1 atom stereocenters. The minimum atomic E-state index is -0.474. The van der Waals surface area contributed by atoms with Crippen LogP contribution in [0.1, 0.15) is 31.2 Å². The first-order valence-corrected chi connectivity index (χ1v) is 7.46. The maximum Gasteiger partial charge on any atom is 0.220 e. The van der Waals surface area contributed by atoms with Crippen LogP contribution in [0.15, 0.2) is 35.3 Å². The Morgan fingerprint density at radius 1 is 1.23 bits per heavy atom. The van der Waals surface area contributed by atoms with Gasteiger partial charge in [-0.25, -0.2) is 0 Å². The third-order valence-electron chi connectivity index (χ3n) is 3.19. The number of nitrogens with two attached hydrogens (primary N) is 2. The van der Waals surface area contributed by atoms with Crippen LogP contribution < -0.4 is 16.8 Å². The molecule has 1 aromatic carbocycles. The number of hydrogen-bond donors (Lipinski definition) is 3. The fourth-order valence-electron chi connectivity index (χ4n) is 2.07. The van der Waals surface area contributed by atoms with E-state index in [1.54, 1.807) is 0 Å². The Bertz CT molecular complexity index is 484. The molecule has 0 saturated heterocycles. The van der Waals surface area contributed by atoms with Crippen LogP contribution in [0.25, 0.3) is 0 Å². The molecule has 0 radical (unpaired) electrons. The van der Waals surface area contributed by atoms with Gasteiger partial charge in [-0.15, -0.1) is 0 Å². The SMILES string of the molecule is NC(N)=NCCC[C@@H](C=O)NC(=O)CCCc1ccccc1. The van der Waals surface area contributed by atoms with Crippen LogP contribution in [0.3, 0.4) is 0 Å². The number of nitrogens with zero attached hydrogens (tertiary/aromatic N) is 1. The number of aryl methyl sites for hydroxylation is 1. The Labute approximate surface area is 131 Å². The average Bonchev–Trinajstić information content (AvgIpc) is 2.51. The Kier molecular flexibility index (Phi) is 8.33. The van der Waals surface area contributed by atoms with E-state index in [4.69, 9.17) is 11.5 Å². The second kappa shape index (κ2) is 10.4. The van der Waals surface area contributed by atoms with Gasteiger partial charge in [0.15, 0.2) is 5.96 Å². The second-order valence-corrected chi connectivity index (χ2v) is 5.10. The average molecular weight is 304 g/mol. The Balaban J connectivity index is 2.21. The molecule has 6 heteroatoms. The van der Waals surface area contributed by atoms with Gasteiger partial charge in [-0.3, -0.25) is 9.79 Å². The van der Waals surface area contributed by atoms with Crippen molar-refractivity contribution in [2.24, 2.45) is 16.5 Å². The molecule has 0 spiro atoms. The maximum atomic E-state index is 11.8. The summed E-state index contributed by atoms with van der Waals surface area (Å²) in [5.41, 5.74) is 11.6. The number of nitrogens with one attached hydrogen (secondary N) is 1. The molecule has 1 amide bonds. The van der Waals surface area contributed by atoms with Crippen molar-refractivity contribution < 1.29 is 9.59 Å². The number of benzene rings is 1. The number of guanidine groups is 1. The Morgan fingerprint density at radius 3 is 2.59 bits per heavy atom. The molecule has 0 bridgehead atoms. The van der Waals surface area contributed by atoms with Gasteiger partial charge in [0, 0.05) is 13.0 Å². The molecule has 1 rings (SSSR count). The van der Waals surface area contributed by atoms with Crippen LogP contribution in [-0.4, -0.2) is 30.7 Å². The smallest absolute Gasteiger partial charge is 0.220 e. The van der Waals surface area contributed by atoms with Crippen molar-refractivity contribution in [2.45, 2.75) is 38.1 Å². The molecule has 0 aliphatic rings. The summed E-state index contributed by atoms with van der Waals surface area (Å²) >= 11 is 0. The van der Waals surface area contributed by atoms with Crippen molar-refractivity contribution in [2.75, 3.05) is 6.54 Å². The molecule has 0 saturated carbocycles. The van der Waals surface area contributed by atoms with E-state index in [2.05, 4.69) is 10.3 Å². The van der Waals surface area contributed by atoms with E-state index < -0.39 is 6.04 Å². The number of rotatable bonds is 10. The molecule has 0 unspecified atom stereocenters. The molecular weight excluding hydrogens is 280 g/mol. The molecule has 22 heavy (non-hydrogen) atoms. The predicted molar refractivity (Wildman–Crippen MR) is 87.3 cm³/mol. The number of amides is 1. The van der Waals surface area contributed by atoms with E-state index >= 15 is 0 Å². The first-order chi connectivity index (χ1) is 10.6. The van der Waals surface area contributed by atoms with E-state index in [1.807, 2.05) is 30.3 Å². The zero-order chi connectivity index (χ0) is 16.2. The largest absolute Gasteiger partial charge is 0.370 e. The lowest BCUT2D eigenvalue weighted by atomic mass is 10.1. The summed E-state index contributed by atoms with van der Waals surface area (Å²) in [5.74, 6) is -0.0672. The fraction of sp³-hybridized carbons (Fsp3) is 0.438. The number of aldehydes is 1. The zero-order valence-corrected chi connectivity index (χ0v) is 12.7. The van der Waals surface area contributed by atoms with Gasteiger partial charge >= 0.3 is 0 Å². The summed E-state index contributed by atoms with van der Waals surface area (Å²) in [5, 5.41) is 2.72. The van der Waals surface area contributed by atoms with Gasteiger partial charge in [0.05, 0.1) is 6.04 Å². The van der Waals surface area contributed by atoms with E-state index in [0.717, 1.165) is 19.1 Å². The highest BCUT2D eigenvalue weighted by Crippen LogP contribution is 2.05. The fourth-order valence-corrected chi connectivity index (χ4v) is 2.07. The second-order valence-electron chi connectivity index (χ2n) is 5.10. The first kappa shape index (κ1) is 17.7. The van der Waals surface area contributed by atoms with E-state index in [1.165, 1.54) is 5.56 Å². The van der Waals surface area contributed by atoms with Crippen molar-refractivity contribution in [1.82, 2.24) is 5.32 Å². The molecule has 0 aliphatic carbocycles. The third kappa shape index (κ3) is 8.04. The predicted octanol–water partition coefficient (Wildman–Crippen LogP) is 0.747. The molecule has 120 valence electrons. The lowest BCUT2D eigenvalue weighted by Gasteiger charge is -2.12. The van der Waals surface area contributed by atoms with Gasteiger partial charge in [-0.2, -0.15) is 0 Å². The van der Waals surface area contributed by atoms with Crippen LogP contribution in [0.2, 0.25) is 0 Å². The number of aliphatic imine (C=N–C) groups is 1. The Morgan fingerprint density at radius 2 is 1.95 bits per heavy atom. The lowest BCUT2D eigenvalue weighted by molar-refractivity contribution is -0.124. The van der Waals surface area contributed by atoms with Crippen molar-refractivity contribution in [3.8, 4) is 0 Å². The third-order valence-corrected chi connectivity index (χ3v) is 3.19. The molecule has 0 heterocycles. The van der Waals surface area contributed by atoms with Crippen molar-refractivity contribution in [1.29, 1.82) is 0 Å². The van der Waals surface area contributed by atoms with Gasteiger partial charge < -0.3 is 21.6 Å². The highest BCUT2D eigenvalue weighted by molar-refractivity contribution is 5.79. The van der Waals surface area contributed by atoms with Crippen molar-refractivity contribution in [3.63, 3.8) is 0 Å². The van der Waals surface area contributed by atoms with Crippen LogP contribution in [0.4, 0.5) is 0 Å². The van der Waals surface area contributed by atoms with Gasteiger partial charge in [0.25, 0.3) is 0 Å². The zero-order valence-electron chi connectivity index (χ0n) is 12.7. The highest BCUT2D eigenvalue weighted by Gasteiger charge is 2.10. The molecule has 0 aliphatic heterocycles. The molecule has 0 aromatic heterocycles. The first-order valence-electron chi connectivity index (χ1n) is 7.46. The number of carbonyl (C=O) groups is 2. The highest BCUT2D eigenvalue weighted by atomic mass is 16.2. The van der Waals surface area contributed by atoms with Crippen LogP contribution in [-0.2, 0) is 16.0 Å². The molecule has 5 N–H and O–H groups in total. The Hall–Kier alpha value is -2.37. The monoisotopic (exact) mass is 304 g/mol. The van der Waals surface area contributed by atoms with E-state index in [0.29, 0.717) is 25.8 Å². The summed E-state index contributed by atoms with van der Waals surface area (Å²) in [6, 6.07) is 9.53. The lowest BCUT2D eigenvalue weighted by Crippen LogP contribution is -2.36. The summed E-state index contributed by atoms with van der Waals surface area (Å²) in [6.45, 7) is 0.455.